The Balaban J connectivity index is 2.14. The van der Waals surface area contributed by atoms with Crippen molar-refractivity contribution in [1.82, 2.24) is 25.5 Å². The number of nitrogens with zero attached hydrogens (tertiary/aromatic N) is 4. The first kappa shape index (κ1) is 15.5. The van der Waals surface area contributed by atoms with Crippen molar-refractivity contribution in [3.63, 3.8) is 0 Å². The molecule has 3 N–H and O–H groups in total. The first-order valence-corrected chi connectivity index (χ1v) is 7.48. The van der Waals surface area contributed by atoms with Gasteiger partial charge in [0.05, 0.1) is 0 Å². The topological polar surface area (TPSA) is 98.7 Å². The molecule has 8 heteroatoms. The molecule has 0 fully saturated rings. The second kappa shape index (κ2) is 6.68. The molecule has 21 heavy (non-hydrogen) atoms. The number of benzene rings is 1. The van der Waals surface area contributed by atoms with Crippen LogP contribution in [0.2, 0.25) is 0 Å². The van der Waals surface area contributed by atoms with Crippen molar-refractivity contribution in [3.8, 4) is 0 Å². The standard InChI is InChI=1S/C13H18N6OS/c1-15-13(11(14)20,10-6-4-3-5-7-10)8-9-21-12-16-17-18-19(12)2/h3-7,15H,8-9H2,1-2H3,(H2,14,20). The summed E-state index contributed by atoms with van der Waals surface area (Å²) in [6.07, 6.45) is 0.542. The number of hydrogen-bond acceptors (Lipinski definition) is 6. The normalized spacial score (nSPS) is 13.8. The quantitative estimate of drug-likeness (QED) is 0.714. The van der Waals surface area contributed by atoms with E-state index in [9.17, 15) is 4.79 Å². The molecule has 0 radical (unpaired) electrons. The number of amides is 1. The number of aryl methyl sites for hydroxylation is 1. The predicted octanol–water partition coefficient (Wildman–Crippen LogP) is 0.293. The van der Waals surface area contributed by atoms with Gasteiger partial charge in [-0.05, 0) is 29.5 Å². The number of thioether (sulfide) groups is 1. The van der Waals surface area contributed by atoms with E-state index in [4.69, 9.17) is 5.73 Å². The number of rotatable bonds is 7. The van der Waals surface area contributed by atoms with Gasteiger partial charge in [0.25, 0.3) is 0 Å². The summed E-state index contributed by atoms with van der Waals surface area (Å²) in [4.78, 5) is 12.0. The average molecular weight is 306 g/mol. The maximum atomic E-state index is 12.0. The number of carbonyl (C=O) groups excluding carboxylic acids is 1. The molecule has 7 nitrogen and oxygen atoms in total. The molecule has 112 valence electrons. The van der Waals surface area contributed by atoms with Gasteiger partial charge >= 0.3 is 0 Å². The molecule has 1 aromatic heterocycles. The molecule has 1 atom stereocenters. The Hall–Kier alpha value is -1.93. The highest BCUT2D eigenvalue weighted by molar-refractivity contribution is 7.99. The van der Waals surface area contributed by atoms with Crippen LogP contribution in [-0.4, -0.2) is 38.9 Å². The van der Waals surface area contributed by atoms with Gasteiger partial charge in [0, 0.05) is 12.8 Å². The van der Waals surface area contributed by atoms with Gasteiger partial charge in [-0.1, -0.05) is 42.1 Å². The highest BCUT2D eigenvalue weighted by Gasteiger charge is 2.36. The third-order valence-corrected chi connectivity index (χ3v) is 4.42. The summed E-state index contributed by atoms with van der Waals surface area (Å²) in [7, 11) is 3.52. The Morgan fingerprint density at radius 3 is 2.67 bits per heavy atom. The Bertz CT molecular complexity index is 602. The predicted molar refractivity (Wildman–Crippen MR) is 80.5 cm³/mol. The molecule has 0 aliphatic heterocycles. The fourth-order valence-corrected chi connectivity index (χ4v) is 3.07. The summed E-state index contributed by atoms with van der Waals surface area (Å²) in [5, 5.41) is 15.1. The van der Waals surface area contributed by atoms with E-state index in [0.29, 0.717) is 17.3 Å². The fraction of sp³-hybridized carbons (Fsp3) is 0.385. The summed E-state index contributed by atoms with van der Waals surface area (Å²) in [6.45, 7) is 0. The average Bonchev–Trinajstić information content (AvgIpc) is 2.90. The number of nitrogens with two attached hydrogens (primary N) is 1. The number of hydrogen-bond donors (Lipinski definition) is 2. The van der Waals surface area contributed by atoms with Crippen LogP contribution in [0.5, 0.6) is 0 Å². The van der Waals surface area contributed by atoms with Crippen molar-refractivity contribution in [3.05, 3.63) is 35.9 Å². The van der Waals surface area contributed by atoms with Gasteiger partial charge in [0.2, 0.25) is 11.1 Å². The molecule has 0 aliphatic carbocycles. The van der Waals surface area contributed by atoms with Crippen molar-refractivity contribution in [2.24, 2.45) is 12.8 Å². The zero-order valence-corrected chi connectivity index (χ0v) is 12.8. The van der Waals surface area contributed by atoms with Gasteiger partial charge in [-0.2, -0.15) is 0 Å². The molecule has 0 aliphatic rings. The van der Waals surface area contributed by atoms with E-state index in [1.165, 1.54) is 11.8 Å². The van der Waals surface area contributed by atoms with E-state index in [1.807, 2.05) is 30.3 Å². The second-order valence-corrected chi connectivity index (χ2v) is 5.63. The van der Waals surface area contributed by atoms with Crippen LogP contribution < -0.4 is 11.1 Å². The third kappa shape index (κ3) is 3.22. The molecular formula is C13H18N6OS. The molecule has 0 spiro atoms. The molecule has 1 aromatic carbocycles. The van der Waals surface area contributed by atoms with Crippen LogP contribution in [-0.2, 0) is 17.4 Å². The highest BCUT2D eigenvalue weighted by atomic mass is 32.2. The summed E-state index contributed by atoms with van der Waals surface area (Å²) >= 11 is 1.49. The summed E-state index contributed by atoms with van der Waals surface area (Å²) in [5.74, 6) is 0.264. The molecule has 0 saturated carbocycles. The summed E-state index contributed by atoms with van der Waals surface area (Å²) < 4.78 is 1.60. The van der Waals surface area contributed by atoms with Gasteiger partial charge in [0.15, 0.2) is 0 Å². The van der Waals surface area contributed by atoms with Crippen LogP contribution in [0, 0.1) is 0 Å². The molecular weight excluding hydrogens is 288 g/mol. The minimum absolute atomic E-state index is 0.395. The fourth-order valence-electron chi connectivity index (χ4n) is 2.16. The van der Waals surface area contributed by atoms with Crippen LogP contribution in [0.15, 0.2) is 35.5 Å². The molecule has 2 rings (SSSR count). The Kier molecular flexibility index (Phi) is 4.92. The molecule has 0 saturated heterocycles. The van der Waals surface area contributed by atoms with Crippen molar-refractivity contribution >= 4 is 17.7 Å². The van der Waals surface area contributed by atoms with Gasteiger partial charge in [-0.25, -0.2) is 4.68 Å². The SMILES string of the molecule is CNC(CCSc1nnnn1C)(C(N)=O)c1ccccc1. The first-order chi connectivity index (χ1) is 10.1. The van der Waals surface area contributed by atoms with Gasteiger partial charge in [-0.15, -0.1) is 5.10 Å². The zero-order chi connectivity index (χ0) is 15.3. The lowest BCUT2D eigenvalue weighted by Gasteiger charge is -2.30. The maximum absolute atomic E-state index is 12.0. The molecule has 1 amide bonds. The lowest BCUT2D eigenvalue weighted by Crippen LogP contribution is -2.51. The van der Waals surface area contributed by atoms with Crippen molar-refractivity contribution < 1.29 is 4.79 Å². The van der Waals surface area contributed by atoms with E-state index in [1.54, 1.807) is 18.8 Å². The highest BCUT2D eigenvalue weighted by Crippen LogP contribution is 2.27. The lowest BCUT2D eigenvalue weighted by molar-refractivity contribution is -0.124. The number of carbonyl (C=O) groups is 1. The largest absolute Gasteiger partial charge is 0.368 e. The number of primary amides is 1. The van der Waals surface area contributed by atoms with Crippen LogP contribution in [0.4, 0.5) is 0 Å². The van der Waals surface area contributed by atoms with Crippen LogP contribution in [0.25, 0.3) is 0 Å². The number of aromatic nitrogens is 4. The first-order valence-electron chi connectivity index (χ1n) is 6.49. The van der Waals surface area contributed by atoms with Crippen molar-refractivity contribution in [2.45, 2.75) is 17.1 Å². The Morgan fingerprint density at radius 1 is 1.43 bits per heavy atom. The zero-order valence-electron chi connectivity index (χ0n) is 12.0. The van der Waals surface area contributed by atoms with E-state index < -0.39 is 11.4 Å². The lowest BCUT2D eigenvalue weighted by atomic mass is 9.86. The van der Waals surface area contributed by atoms with E-state index in [2.05, 4.69) is 20.8 Å². The number of likely N-dealkylation sites (N-methyl/N-ethyl adjacent to an activating group) is 1. The van der Waals surface area contributed by atoms with Crippen LogP contribution in [0.1, 0.15) is 12.0 Å². The minimum Gasteiger partial charge on any atom is -0.368 e. The number of nitrogens with one attached hydrogen (secondary N) is 1. The van der Waals surface area contributed by atoms with Gasteiger partial charge in [-0.3, -0.25) is 4.79 Å². The van der Waals surface area contributed by atoms with Gasteiger partial charge < -0.3 is 11.1 Å². The second-order valence-electron chi connectivity index (χ2n) is 4.57. The molecule has 2 aromatic rings. The molecule has 1 unspecified atom stereocenters. The monoisotopic (exact) mass is 306 g/mol. The third-order valence-electron chi connectivity index (χ3n) is 3.40. The van der Waals surface area contributed by atoms with E-state index in [-0.39, 0.29) is 0 Å². The molecule has 1 heterocycles. The molecule has 0 bridgehead atoms. The summed E-state index contributed by atoms with van der Waals surface area (Å²) in [5.41, 5.74) is 5.62. The smallest absolute Gasteiger partial charge is 0.242 e. The Labute approximate surface area is 127 Å². The summed E-state index contributed by atoms with van der Waals surface area (Å²) in [6, 6.07) is 9.49. The van der Waals surface area contributed by atoms with Crippen molar-refractivity contribution in [2.75, 3.05) is 12.8 Å². The minimum atomic E-state index is -0.889. The van der Waals surface area contributed by atoms with Crippen LogP contribution in [0.3, 0.4) is 0 Å². The maximum Gasteiger partial charge on any atom is 0.242 e. The van der Waals surface area contributed by atoms with E-state index >= 15 is 0 Å². The van der Waals surface area contributed by atoms with E-state index in [0.717, 1.165) is 5.56 Å². The van der Waals surface area contributed by atoms with Crippen molar-refractivity contribution in [1.29, 1.82) is 0 Å². The number of tetrazole rings is 1. The van der Waals surface area contributed by atoms with Crippen LogP contribution >= 0.6 is 11.8 Å². The van der Waals surface area contributed by atoms with Gasteiger partial charge in [0.1, 0.15) is 5.54 Å². The Morgan fingerprint density at radius 2 is 2.14 bits per heavy atom.